The molecule has 1 heterocycles. The Kier molecular flexibility index (Phi) is 6.16. The predicted molar refractivity (Wildman–Crippen MR) is 68.9 cm³/mol. The van der Waals surface area contributed by atoms with E-state index in [2.05, 4.69) is 20.9 Å². The van der Waals surface area contributed by atoms with E-state index < -0.39 is 10.8 Å². The molecule has 0 N–H and O–H groups in total. The van der Waals surface area contributed by atoms with Crippen LogP contribution in [-0.2, 0) is 15.5 Å². The van der Waals surface area contributed by atoms with Gasteiger partial charge in [-0.1, -0.05) is 0 Å². The van der Waals surface area contributed by atoms with Gasteiger partial charge in [0.1, 0.15) is 5.03 Å². The smallest absolute Gasteiger partial charge is 0.127 e. The average Bonchev–Trinajstić information content (AvgIpc) is 2.25. The van der Waals surface area contributed by atoms with Crippen molar-refractivity contribution in [3.05, 3.63) is 22.8 Å². The normalized spacial score (nSPS) is 13.0. The summed E-state index contributed by atoms with van der Waals surface area (Å²) < 4.78 is 18.1. The third-order valence-corrected chi connectivity index (χ3v) is 3.70. The van der Waals surface area contributed by atoms with Crippen molar-refractivity contribution in [2.75, 3.05) is 12.4 Å². The van der Waals surface area contributed by atoms with Crippen molar-refractivity contribution in [1.29, 1.82) is 0 Å². The van der Waals surface area contributed by atoms with Gasteiger partial charge in [-0.05, 0) is 48.3 Å². The molecule has 0 saturated heterocycles. The Labute approximate surface area is 107 Å². The molecule has 16 heavy (non-hydrogen) atoms. The minimum Gasteiger partial charge on any atom is -0.379 e. The second kappa shape index (κ2) is 7.14. The number of aromatic nitrogens is 1. The maximum absolute atomic E-state index is 11.8. The van der Waals surface area contributed by atoms with Gasteiger partial charge in [0.05, 0.1) is 16.9 Å². The quantitative estimate of drug-likeness (QED) is 0.759. The van der Waals surface area contributed by atoms with E-state index in [0.29, 0.717) is 17.4 Å². The zero-order chi connectivity index (χ0) is 12.0. The Bertz CT molecular complexity index is 340. The number of hydrogen-bond donors (Lipinski definition) is 0. The molecule has 0 aromatic carbocycles. The summed E-state index contributed by atoms with van der Waals surface area (Å²) in [6.07, 6.45) is 2.69. The van der Waals surface area contributed by atoms with Gasteiger partial charge in [-0.15, -0.1) is 0 Å². The van der Waals surface area contributed by atoms with Crippen LogP contribution >= 0.6 is 15.9 Å². The molecule has 0 bridgehead atoms. The molecule has 1 atom stereocenters. The molecule has 0 aliphatic heterocycles. The Balaban J connectivity index is 2.32. The molecule has 0 aliphatic carbocycles. The first-order valence-electron chi connectivity index (χ1n) is 5.21. The van der Waals surface area contributed by atoms with E-state index in [9.17, 15) is 4.21 Å². The van der Waals surface area contributed by atoms with E-state index in [0.717, 1.165) is 10.9 Å². The molecule has 90 valence electrons. The van der Waals surface area contributed by atoms with Crippen molar-refractivity contribution in [2.45, 2.75) is 31.4 Å². The van der Waals surface area contributed by atoms with Crippen LogP contribution in [0.5, 0.6) is 0 Å². The number of pyridine rings is 1. The van der Waals surface area contributed by atoms with Crippen molar-refractivity contribution >= 4 is 26.7 Å². The van der Waals surface area contributed by atoms with Gasteiger partial charge in [0, 0.05) is 23.0 Å². The Morgan fingerprint density at radius 3 is 2.81 bits per heavy atom. The topological polar surface area (TPSA) is 39.2 Å². The molecule has 5 heteroatoms. The Morgan fingerprint density at radius 2 is 2.25 bits per heavy atom. The van der Waals surface area contributed by atoms with Gasteiger partial charge in [0.25, 0.3) is 0 Å². The monoisotopic (exact) mass is 305 g/mol. The molecule has 0 aliphatic rings. The number of ether oxygens (including phenoxy) is 1. The fourth-order valence-electron chi connectivity index (χ4n) is 1.11. The first kappa shape index (κ1) is 13.8. The molecule has 0 spiro atoms. The summed E-state index contributed by atoms with van der Waals surface area (Å²) >= 11 is 3.29. The maximum Gasteiger partial charge on any atom is 0.127 e. The van der Waals surface area contributed by atoms with Crippen molar-refractivity contribution in [3.63, 3.8) is 0 Å². The van der Waals surface area contributed by atoms with Crippen molar-refractivity contribution in [2.24, 2.45) is 0 Å². The molecule has 1 unspecified atom stereocenters. The van der Waals surface area contributed by atoms with Gasteiger partial charge in [-0.25, -0.2) is 4.98 Å². The summed E-state index contributed by atoms with van der Waals surface area (Å²) in [5, 5.41) is 0.632. The van der Waals surface area contributed by atoms with Crippen LogP contribution in [-0.4, -0.2) is 27.7 Å². The fraction of sp³-hybridized carbons (Fsp3) is 0.545. The summed E-state index contributed by atoms with van der Waals surface area (Å²) in [5.74, 6) is 0.599. The highest BCUT2D eigenvalue weighted by atomic mass is 79.9. The second-order valence-electron chi connectivity index (χ2n) is 3.64. The number of halogens is 1. The summed E-state index contributed by atoms with van der Waals surface area (Å²) in [5.41, 5.74) is 0. The molecule has 0 amide bonds. The van der Waals surface area contributed by atoms with Crippen LogP contribution in [0.4, 0.5) is 0 Å². The maximum atomic E-state index is 11.8. The predicted octanol–water partition coefficient (Wildman–Crippen LogP) is 2.77. The molecule has 1 rings (SSSR count). The highest BCUT2D eigenvalue weighted by molar-refractivity contribution is 9.10. The van der Waals surface area contributed by atoms with Crippen molar-refractivity contribution in [1.82, 2.24) is 4.98 Å². The van der Waals surface area contributed by atoms with Gasteiger partial charge < -0.3 is 4.74 Å². The first-order valence-corrected chi connectivity index (χ1v) is 7.32. The number of hydrogen-bond acceptors (Lipinski definition) is 3. The van der Waals surface area contributed by atoms with Crippen LogP contribution in [0.3, 0.4) is 0 Å². The zero-order valence-electron chi connectivity index (χ0n) is 9.48. The number of nitrogens with zero attached hydrogens (tertiary/aromatic N) is 1. The second-order valence-corrected chi connectivity index (χ2v) is 6.07. The Morgan fingerprint density at radius 1 is 1.50 bits per heavy atom. The minimum absolute atomic E-state index is 0.235. The molecule has 0 radical (unpaired) electrons. The lowest BCUT2D eigenvalue weighted by molar-refractivity contribution is 0.0798. The molecular weight excluding hydrogens is 290 g/mol. The van der Waals surface area contributed by atoms with Crippen molar-refractivity contribution in [3.8, 4) is 0 Å². The van der Waals surface area contributed by atoms with Gasteiger partial charge >= 0.3 is 0 Å². The highest BCUT2D eigenvalue weighted by Crippen LogP contribution is 2.10. The third-order valence-electron chi connectivity index (χ3n) is 1.86. The molecule has 0 fully saturated rings. The number of rotatable bonds is 6. The SMILES string of the molecule is CC(C)OCCCS(=O)c1ccc(Br)cn1. The van der Waals surface area contributed by atoms with E-state index in [1.807, 2.05) is 19.9 Å². The first-order chi connectivity index (χ1) is 7.59. The van der Waals surface area contributed by atoms with E-state index in [-0.39, 0.29) is 6.10 Å². The highest BCUT2D eigenvalue weighted by Gasteiger charge is 2.05. The molecule has 3 nitrogen and oxygen atoms in total. The molecular formula is C11H16BrNO2S. The Hall–Kier alpha value is -0.260. The lowest BCUT2D eigenvalue weighted by Gasteiger charge is -2.06. The lowest BCUT2D eigenvalue weighted by Crippen LogP contribution is -2.08. The fourth-order valence-corrected chi connectivity index (χ4v) is 2.32. The average molecular weight is 306 g/mol. The van der Waals surface area contributed by atoms with Gasteiger partial charge in [-0.2, -0.15) is 0 Å². The largest absolute Gasteiger partial charge is 0.379 e. The minimum atomic E-state index is -1.02. The summed E-state index contributed by atoms with van der Waals surface area (Å²) in [4.78, 5) is 4.10. The van der Waals surface area contributed by atoms with E-state index in [1.54, 1.807) is 12.3 Å². The summed E-state index contributed by atoms with van der Waals surface area (Å²) in [7, 11) is -1.02. The van der Waals surface area contributed by atoms with Crippen LogP contribution in [0.25, 0.3) is 0 Å². The van der Waals surface area contributed by atoms with E-state index in [1.165, 1.54) is 0 Å². The third kappa shape index (κ3) is 5.18. The summed E-state index contributed by atoms with van der Waals surface area (Å²) in [6.45, 7) is 4.64. The standard InChI is InChI=1S/C11H16BrNO2S/c1-9(2)15-6-3-7-16(14)11-5-4-10(12)8-13-11/h4-5,8-9H,3,6-7H2,1-2H3. The van der Waals surface area contributed by atoms with Gasteiger partial charge in [0.2, 0.25) is 0 Å². The van der Waals surface area contributed by atoms with Gasteiger partial charge in [0.15, 0.2) is 0 Å². The van der Waals surface area contributed by atoms with Crippen LogP contribution in [0.1, 0.15) is 20.3 Å². The van der Waals surface area contributed by atoms with E-state index in [4.69, 9.17) is 4.74 Å². The zero-order valence-corrected chi connectivity index (χ0v) is 11.9. The van der Waals surface area contributed by atoms with Crippen LogP contribution < -0.4 is 0 Å². The molecule has 0 saturated carbocycles. The van der Waals surface area contributed by atoms with Gasteiger partial charge in [-0.3, -0.25) is 4.21 Å². The van der Waals surface area contributed by atoms with Crippen LogP contribution in [0.15, 0.2) is 27.8 Å². The summed E-state index contributed by atoms with van der Waals surface area (Å²) in [6, 6.07) is 3.63. The van der Waals surface area contributed by atoms with E-state index >= 15 is 0 Å². The van der Waals surface area contributed by atoms with Crippen LogP contribution in [0.2, 0.25) is 0 Å². The lowest BCUT2D eigenvalue weighted by atomic mass is 10.4. The molecule has 1 aromatic rings. The van der Waals surface area contributed by atoms with Crippen LogP contribution in [0, 0.1) is 0 Å². The molecule has 1 aromatic heterocycles. The van der Waals surface area contributed by atoms with Crippen molar-refractivity contribution < 1.29 is 8.95 Å².